The summed E-state index contributed by atoms with van der Waals surface area (Å²) in [6.07, 6.45) is 4.05. The third kappa shape index (κ3) is 3.99. The molecule has 2 heterocycles. The highest BCUT2D eigenvalue weighted by atomic mass is 16.5. The second-order valence-corrected chi connectivity index (χ2v) is 9.15. The van der Waals surface area contributed by atoms with Crippen LogP contribution >= 0.6 is 0 Å². The zero-order valence-electron chi connectivity index (χ0n) is 19.5. The van der Waals surface area contributed by atoms with Crippen LogP contribution in [0.15, 0.2) is 54.7 Å². The van der Waals surface area contributed by atoms with Crippen LogP contribution in [0.2, 0.25) is 0 Å². The van der Waals surface area contributed by atoms with Gasteiger partial charge in [-0.1, -0.05) is 68.3 Å². The SMILES string of the molecule is CCc1cccc2c(C(=O)C(OC(=O)CN3C(=O)NC4(CCCC4)C3=O)c3ccccc3)c[nH]c12. The number of Topliss-reactive ketones (excluding diaryl/α,β-unsaturated/α-hetero) is 1. The number of benzene rings is 2. The van der Waals surface area contributed by atoms with E-state index in [-0.39, 0.29) is 5.78 Å². The summed E-state index contributed by atoms with van der Waals surface area (Å²) in [5.41, 5.74) is 1.97. The molecule has 1 atom stereocenters. The maximum atomic E-state index is 13.7. The molecule has 1 aliphatic heterocycles. The van der Waals surface area contributed by atoms with Gasteiger partial charge in [-0.15, -0.1) is 0 Å². The Balaban J connectivity index is 1.41. The van der Waals surface area contributed by atoms with Crippen LogP contribution in [0.3, 0.4) is 0 Å². The Hall–Kier alpha value is -3.94. The average Bonchev–Trinajstić information content (AvgIpc) is 3.58. The number of para-hydroxylation sites is 1. The van der Waals surface area contributed by atoms with Gasteiger partial charge in [0.2, 0.25) is 5.78 Å². The molecule has 0 bridgehead atoms. The Bertz CT molecular complexity index is 1310. The zero-order valence-corrected chi connectivity index (χ0v) is 19.5. The predicted octanol–water partition coefficient (Wildman–Crippen LogP) is 4.06. The molecule has 0 radical (unpaired) electrons. The number of imide groups is 1. The van der Waals surface area contributed by atoms with Crippen molar-refractivity contribution in [3.05, 3.63) is 71.4 Å². The number of aromatic nitrogens is 1. The van der Waals surface area contributed by atoms with Crippen molar-refractivity contribution in [2.75, 3.05) is 6.54 Å². The lowest BCUT2D eigenvalue weighted by molar-refractivity contribution is -0.150. The summed E-state index contributed by atoms with van der Waals surface area (Å²) in [7, 11) is 0. The third-order valence-electron chi connectivity index (χ3n) is 7.03. The fraction of sp³-hybridized carbons (Fsp3) is 0.333. The minimum atomic E-state index is -1.21. The molecule has 1 unspecified atom stereocenters. The van der Waals surface area contributed by atoms with Crippen LogP contribution in [0.1, 0.15) is 60.2 Å². The van der Waals surface area contributed by atoms with Crippen LogP contribution in [0.5, 0.6) is 0 Å². The van der Waals surface area contributed by atoms with E-state index in [9.17, 15) is 19.2 Å². The van der Waals surface area contributed by atoms with Crippen LogP contribution in [-0.4, -0.2) is 45.7 Å². The third-order valence-corrected chi connectivity index (χ3v) is 7.03. The maximum Gasteiger partial charge on any atom is 0.327 e. The summed E-state index contributed by atoms with van der Waals surface area (Å²) in [5.74, 6) is -1.60. The van der Waals surface area contributed by atoms with E-state index in [2.05, 4.69) is 10.3 Å². The van der Waals surface area contributed by atoms with E-state index in [0.29, 0.717) is 24.0 Å². The number of urea groups is 1. The number of rotatable bonds is 7. The quantitative estimate of drug-likeness (QED) is 0.306. The number of aryl methyl sites for hydroxylation is 1. The second kappa shape index (κ2) is 9.02. The molecule has 8 heteroatoms. The van der Waals surface area contributed by atoms with E-state index in [1.165, 1.54) is 0 Å². The molecule has 5 rings (SSSR count). The lowest BCUT2D eigenvalue weighted by Crippen LogP contribution is -2.44. The molecule has 2 N–H and O–H groups in total. The summed E-state index contributed by atoms with van der Waals surface area (Å²) < 4.78 is 5.66. The van der Waals surface area contributed by atoms with Crippen molar-refractivity contribution in [1.29, 1.82) is 0 Å². The van der Waals surface area contributed by atoms with Crippen molar-refractivity contribution in [2.45, 2.75) is 50.7 Å². The summed E-state index contributed by atoms with van der Waals surface area (Å²) in [6.45, 7) is 1.49. The molecule has 2 aromatic carbocycles. The Morgan fingerprint density at radius 3 is 2.51 bits per heavy atom. The number of H-pyrrole nitrogens is 1. The molecule has 2 fully saturated rings. The van der Waals surface area contributed by atoms with Gasteiger partial charge in [-0.25, -0.2) is 4.79 Å². The zero-order chi connectivity index (χ0) is 24.6. The molecular weight excluding hydrogens is 446 g/mol. The van der Waals surface area contributed by atoms with Gasteiger partial charge in [0.25, 0.3) is 5.91 Å². The summed E-state index contributed by atoms with van der Waals surface area (Å²) in [5, 5.41) is 3.51. The highest BCUT2D eigenvalue weighted by Crippen LogP contribution is 2.35. The number of nitrogens with zero attached hydrogens (tertiary/aromatic N) is 1. The lowest BCUT2D eigenvalue weighted by atomic mass is 9.98. The maximum absolute atomic E-state index is 13.7. The first-order valence-corrected chi connectivity index (χ1v) is 12.0. The molecule has 1 aliphatic carbocycles. The van der Waals surface area contributed by atoms with Gasteiger partial charge in [0.05, 0.1) is 0 Å². The second-order valence-electron chi connectivity index (χ2n) is 9.15. The van der Waals surface area contributed by atoms with Gasteiger partial charge >= 0.3 is 12.0 Å². The summed E-state index contributed by atoms with van der Waals surface area (Å²) in [6, 6.07) is 13.9. The Morgan fingerprint density at radius 2 is 1.80 bits per heavy atom. The van der Waals surface area contributed by atoms with E-state index in [0.717, 1.165) is 40.6 Å². The van der Waals surface area contributed by atoms with Gasteiger partial charge in [0.1, 0.15) is 12.1 Å². The van der Waals surface area contributed by atoms with Gasteiger partial charge in [0.15, 0.2) is 6.10 Å². The van der Waals surface area contributed by atoms with Crippen molar-refractivity contribution in [3.8, 4) is 0 Å². The van der Waals surface area contributed by atoms with Crippen molar-refractivity contribution >= 4 is 34.6 Å². The van der Waals surface area contributed by atoms with E-state index in [1.54, 1.807) is 36.5 Å². The highest BCUT2D eigenvalue weighted by Gasteiger charge is 2.53. The number of fused-ring (bicyclic) bond motifs is 1. The first-order chi connectivity index (χ1) is 16.9. The topological polar surface area (TPSA) is 109 Å². The smallest absolute Gasteiger partial charge is 0.327 e. The summed E-state index contributed by atoms with van der Waals surface area (Å²) in [4.78, 5) is 56.1. The molecule has 1 saturated carbocycles. The first kappa shape index (κ1) is 22.8. The van der Waals surface area contributed by atoms with Gasteiger partial charge in [-0.2, -0.15) is 0 Å². The number of hydrogen-bond donors (Lipinski definition) is 2. The molecular formula is C27H27N3O5. The molecule has 3 aromatic rings. The van der Waals surface area contributed by atoms with Gasteiger partial charge in [-0.3, -0.25) is 19.3 Å². The van der Waals surface area contributed by atoms with Crippen LogP contribution in [0.25, 0.3) is 10.9 Å². The molecule has 180 valence electrons. The first-order valence-electron chi connectivity index (χ1n) is 12.0. The monoisotopic (exact) mass is 473 g/mol. The van der Waals surface area contributed by atoms with Crippen molar-refractivity contribution in [2.24, 2.45) is 0 Å². The van der Waals surface area contributed by atoms with Crippen molar-refractivity contribution in [3.63, 3.8) is 0 Å². The number of carbonyl (C=O) groups is 4. The molecule has 3 amide bonds. The van der Waals surface area contributed by atoms with Crippen LogP contribution < -0.4 is 5.32 Å². The number of nitrogens with one attached hydrogen (secondary N) is 2. The predicted molar refractivity (Wildman–Crippen MR) is 129 cm³/mol. The Kier molecular flexibility index (Phi) is 5.88. The number of amides is 3. The number of carbonyl (C=O) groups excluding carboxylic acids is 4. The molecule has 2 aliphatic rings. The van der Waals surface area contributed by atoms with E-state index in [4.69, 9.17) is 4.74 Å². The van der Waals surface area contributed by atoms with Gasteiger partial charge in [-0.05, 0) is 24.8 Å². The fourth-order valence-corrected chi connectivity index (χ4v) is 5.19. The average molecular weight is 474 g/mol. The number of ketones is 1. The van der Waals surface area contributed by atoms with E-state index >= 15 is 0 Å². The van der Waals surface area contributed by atoms with Gasteiger partial charge < -0.3 is 15.0 Å². The van der Waals surface area contributed by atoms with E-state index < -0.39 is 36.1 Å². The Labute approximate surface area is 202 Å². The molecule has 35 heavy (non-hydrogen) atoms. The number of esters is 1. The molecule has 1 spiro atoms. The van der Waals surface area contributed by atoms with E-state index in [1.807, 2.05) is 25.1 Å². The number of ether oxygens (including phenoxy) is 1. The molecule has 8 nitrogen and oxygen atoms in total. The van der Waals surface area contributed by atoms with Crippen LogP contribution in [0.4, 0.5) is 4.79 Å². The normalized spacial score (nSPS) is 17.7. The van der Waals surface area contributed by atoms with Crippen LogP contribution in [-0.2, 0) is 20.7 Å². The standard InChI is InChI=1S/C27H27N3O5/c1-2-17-11-8-12-19-20(15-28-22(17)19)23(32)24(18-9-4-3-5-10-18)35-21(31)16-30-25(33)27(29-26(30)34)13-6-7-14-27/h3-5,8-12,15,24,28H,2,6-7,13-14,16H2,1H3,(H,29,34). The highest BCUT2D eigenvalue weighted by molar-refractivity contribution is 6.12. The lowest BCUT2D eigenvalue weighted by Gasteiger charge is -2.21. The minimum absolute atomic E-state index is 0.381. The number of hydrogen-bond acceptors (Lipinski definition) is 5. The number of aromatic amines is 1. The fourth-order valence-electron chi connectivity index (χ4n) is 5.19. The van der Waals surface area contributed by atoms with Crippen LogP contribution in [0, 0.1) is 0 Å². The van der Waals surface area contributed by atoms with Crippen molar-refractivity contribution in [1.82, 2.24) is 15.2 Å². The Morgan fingerprint density at radius 1 is 1.06 bits per heavy atom. The summed E-state index contributed by atoms with van der Waals surface area (Å²) >= 11 is 0. The largest absolute Gasteiger partial charge is 0.448 e. The minimum Gasteiger partial charge on any atom is -0.448 e. The van der Waals surface area contributed by atoms with Gasteiger partial charge in [0, 0.05) is 28.2 Å². The molecule has 1 saturated heterocycles. The van der Waals surface area contributed by atoms with Crippen molar-refractivity contribution < 1.29 is 23.9 Å². The molecule has 1 aromatic heterocycles.